The van der Waals surface area contributed by atoms with Crippen molar-refractivity contribution in [1.82, 2.24) is 15.1 Å². The van der Waals surface area contributed by atoms with Crippen molar-refractivity contribution in [3.8, 4) is 0 Å². The third kappa shape index (κ3) is 2.61. The summed E-state index contributed by atoms with van der Waals surface area (Å²) in [5.74, 6) is 0.197. The molecule has 0 radical (unpaired) electrons. The van der Waals surface area contributed by atoms with Crippen LogP contribution in [0.15, 0.2) is 0 Å². The molecule has 17 heavy (non-hydrogen) atoms. The van der Waals surface area contributed by atoms with Crippen molar-refractivity contribution < 1.29 is 9.53 Å². The summed E-state index contributed by atoms with van der Waals surface area (Å²) in [7, 11) is 3.47. The first-order valence-electron chi connectivity index (χ1n) is 6.41. The average molecular weight is 241 g/mol. The molecule has 1 aliphatic heterocycles. The van der Waals surface area contributed by atoms with E-state index < -0.39 is 0 Å². The van der Waals surface area contributed by atoms with Crippen LogP contribution in [-0.4, -0.2) is 74.7 Å². The number of rotatable bonds is 5. The number of carbonyl (C=O) groups excluding carboxylic acids is 1. The highest BCUT2D eigenvalue weighted by Crippen LogP contribution is 2.42. The SMILES string of the molecule is CNC(=O)C1(N2CCN(CCOC)CC2)CC1. The highest BCUT2D eigenvalue weighted by molar-refractivity contribution is 5.89. The number of ether oxygens (including phenoxy) is 1. The Morgan fingerprint density at radius 2 is 1.94 bits per heavy atom. The molecule has 5 heteroatoms. The Morgan fingerprint density at radius 1 is 1.29 bits per heavy atom. The number of nitrogens with one attached hydrogen (secondary N) is 1. The number of amides is 1. The van der Waals surface area contributed by atoms with Crippen LogP contribution in [0.25, 0.3) is 0 Å². The van der Waals surface area contributed by atoms with Gasteiger partial charge in [0.25, 0.3) is 0 Å². The Bertz CT molecular complexity index is 271. The minimum absolute atomic E-state index is 0.165. The van der Waals surface area contributed by atoms with Gasteiger partial charge in [-0.15, -0.1) is 0 Å². The van der Waals surface area contributed by atoms with Crippen LogP contribution in [0.4, 0.5) is 0 Å². The maximum atomic E-state index is 11.9. The fourth-order valence-corrected chi connectivity index (χ4v) is 2.66. The van der Waals surface area contributed by atoms with E-state index in [1.807, 2.05) is 0 Å². The molecule has 5 nitrogen and oxygen atoms in total. The predicted octanol–water partition coefficient (Wildman–Crippen LogP) is -0.471. The van der Waals surface area contributed by atoms with E-state index in [2.05, 4.69) is 15.1 Å². The van der Waals surface area contributed by atoms with E-state index in [9.17, 15) is 4.79 Å². The van der Waals surface area contributed by atoms with Crippen LogP contribution in [0.3, 0.4) is 0 Å². The topological polar surface area (TPSA) is 44.8 Å². The molecule has 2 rings (SSSR count). The van der Waals surface area contributed by atoms with Crippen LogP contribution < -0.4 is 5.32 Å². The van der Waals surface area contributed by atoms with Crippen molar-refractivity contribution in [2.75, 3.05) is 53.5 Å². The molecule has 0 aromatic carbocycles. The first kappa shape index (κ1) is 12.8. The predicted molar refractivity (Wildman–Crippen MR) is 65.9 cm³/mol. The van der Waals surface area contributed by atoms with Crippen molar-refractivity contribution in [3.63, 3.8) is 0 Å². The van der Waals surface area contributed by atoms with Gasteiger partial charge in [-0.3, -0.25) is 14.6 Å². The molecule has 2 aliphatic rings. The minimum Gasteiger partial charge on any atom is -0.383 e. The van der Waals surface area contributed by atoms with Gasteiger partial charge in [0.15, 0.2) is 0 Å². The van der Waals surface area contributed by atoms with E-state index in [0.29, 0.717) is 0 Å². The second kappa shape index (κ2) is 5.33. The summed E-state index contributed by atoms with van der Waals surface area (Å²) in [6.45, 7) is 5.87. The van der Waals surface area contributed by atoms with Crippen molar-refractivity contribution in [2.45, 2.75) is 18.4 Å². The van der Waals surface area contributed by atoms with Crippen molar-refractivity contribution in [2.24, 2.45) is 0 Å². The molecule has 2 fully saturated rings. The van der Waals surface area contributed by atoms with E-state index >= 15 is 0 Å². The summed E-state index contributed by atoms with van der Waals surface area (Å²) in [4.78, 5) is 16.6. The summed E-state index contributed by atoms with van der Waals surface area (Å²) in [6.07, 6.45) is 2.04. The van der Waals surface area contributed by atoms with Gasteiger partial charge >= 0.3 is 0 Å². The van der Waals surface area contributed by atoms with Gasteiger partial charge in [0.05, 0.1) is 6.61 Å². The maximum Gasteiger partial charge on any atom is 0.240 e. The van der Waals surface area contributed by atoms with Crippen molar-refractivity contribution in [3.05, 3.63) is 0 Å². The molecule has 0 aromatic heterocycles. The second-order valence-corrected chi connectivity index (χ2v) is 4.93. The molecule has 1 aliphatic carbocycles. The fraction of sp³-hybridized carbons (Fsp3) is 0.917. The number of likely N-dealkylation sites (N-methyl/N-ethyl adjacent to an activating group) is 1. The Hall–Kier alpha value is -0.650. The summed E-state index contributed by atoms with van der Waals surface area (Å²) >= 11 is 0. The van der Waals surface area contributed by atoms with Gasteiger partial charge in [0.2, 0.25) is 5.91 Å². The van der Waals surface area contributed by atoms with Crippen molar-refractivity contribution in [1.29, 1.82) is 0 Å². The molecule has 1 amide bonds. The average Bonchev–Trinajstić information content (AvgIpc) is 3.17. The van der Waals surface area contributed by atoms with Crippen LogP contribution in [0.2, 0.25) is 0 Å². The number of piperazine rings is 1. The maximum absolute atomic E-state index is 11.9. The van der Waals surface area contributed by atoms with Crippen LogP contribution >= 0.6 is 0 Å². The second-order valence-electron chi connectivity index (χ2n) is 4.93. The molecule has 1 saturated heterocycles. The molecule has 0 unspecified atom stereocenters. The summed E-state index contributed by atoms with van der Waals surface area (Å²) in [5.41, 5.74) is -0.165. The molecule has 98 valence electrons. The summed E-state index contributed by atoms with van der Waals surface area (Å²) in [5, 5.41) is 2.80. The molecule has 1 N–H and O–H groups in total. The monoisotopic (exact) mass is 241 g/mol. The van der Waals surface area contributed by atoms with E-state index in [1.54, 1.807) is 14.2 Å². The number of hydrogen-bond donors (Lipinski definition) is 1. The van der Waals surface area contributed by atoms with E-state index in [4.69, 9.17) is 4.74 Å². The summed E-state index contributed by atoms with van der Waals surface area (Å²) in [6, 6.07) is 0. The molecule has 0 spiro atoms. The smallest absolute Gasteiger partial charge is 0.240 e. The number of methoxy groups -OCH3 is 1. The van der Waals surface area contributed by atoms with Gasteiger partial charge in [-0.05, 0) is 12.8 Å². The highest BCUT2D eigenvalue weighted by Gasteiger charge is 2.54. The lowest BCUT2D eigenvalue weighted by Gasteiger charge is -2.38. The first-order valence-corrected chi connectivity index (χ1v) is 6.41. The minimum atomic E-state index is -0.165. The number of carbonyl (C=O) groups is 1. The van der Waals surface area contributed by atoms with Crippen LogP contribution in [0, 0.1) is 0 Å². The quantitative estimate of drug-likeness (QED) is 0.707. The molecule has 0 aromatic rings. The molecular formula is C12H23N3O2. The Morgan fingerprint density at radius 3 is 2.41 bits per heavy atom. The molecular weight excluding hydrogens is 218 g/mol. The van der Waals surface area contributed by atoms with E-state index in [0.717, 1.165) is 52.2 Å². The lowest BCUT2D eigenvalue weighted by atomic mass is 10.1. The third-order valence-electron chi connectivity index (χ3n) is 3.96. The fourth-order valence-electron chi connectivity index (χ4n) is 2.66. The number of nitrogens with zero attached hydrogens (tertiary/aromatic N) is 2. The van der Waals surface area contributed by atoms with E-state index in [1.165, 1.54) is 0 Å². The normalized spacial score (nSPS) is 24.6. The third-order valence-corrected chi connectivity index (χ3v) is 3.96. The number of hydrogen-bond acceptors (Lipinski definition) is 4. The molecule has 0 bridgehead atoms. The Kier molecular flexibility index (Phi) is 4.01. The largest absolute Gasteiger partial charge is 0.383 e. The molecule has 0 atom stereocenters. The van der Waals surface area contributed by atoms with Crippen LogP contribution in [-0.2, 0) is 9.53 Å². The zero-order valence-electron chi connectivity index (χ0n) is 10.9. The van der Waals surface area contributed by atoms with Crippen LogP contribution in [0.5, 0.6) is 0 Å². The van der Waals surface area contributed by atoms with Gasteiger partial charge in [0, 0.05) is 46.9 Å². The standard InChI is InChI=1S/C12H23N3O2/c1-13-11(16)12(3-4-12)15-7-5-14(6-8-15)9-10-17-2/h3-10H2,1-2H3,(H,13,16). The summed E-state index contributed by atoms with van der Waals surface area (Å²) < 4.78 is 5.09. The molecule has 1 saturated carbocycles. The van der Waals surface area contributed by atoms with Gasteiger partial charge in [0.1, 0.15) is 5.54 Å². The van der Waals surface area contributed by atoms with Crippen LogP contribution in [0.1, 0.15) is 12.8 Å². The Labute approximate surface area is 103 Å². The molecule has 1 heterocycles. The highest BCUT2D eigenvalue weighted by atomic mass is 16.5. The van der Waals surface area contributed by atoms with Gasteiger partial charge in [-0.2, -0.15) is 0 Å². The van der Waals surface area contributed by atoms with E-state index in [-0.39, 0.29) is 11.4 Å². The first-order chi connectivity index (χ1) is 8.23. The lowest BCUT2D eigenvalue weighted by Crippen LogP contribution is -2.56. The zero-order chi connectivity index (χ0) is 12.3. The lowest BCUT2D eigenvalue weighted by molar-refractivity contribution is -0.128. The van der Waals surface area contributed by atoms with Crippen molar-refractivity contribution >= 4 is 5.91 Å². The van der Waals surface area contributed by atoms with Gasteiger partial charge < -0.3 is 10.1 Å². The Balaban J connectivity index is 1.81. The van der Waals surface area contributed by atoms with Gasteiger partial charge in [-0.25, -0.2) is 0 Å². The zero-order valence-corrected chi connectivity index (χ0v) is 10.9. The van der Waals surface area contributed by atoms with Gasteiger partial charge in [-0.1, -0.05) is 0 Å².